The molecule has 0 aliphatic rings. The Bertz CT molecular complexity index is 289. The summed E-state index contributed by atoms with van der Waals surface area (Å²) >= 11 is 3.46. The molecule has 0 bridgehead atoms. The van der Waals surface area contributed by atoms with Crippen LogP contribution in [0.5, 0.6) is 0 Å². The van der Waals surface area contributed by atoms with Gasteiger partial charge in [-0.2, -0.15) is 0 Å². The number of hydrogen-bond donors (Lipinski definition) is 0. The van der Waals surface area contributed by atoms with Crippen LogP contribution in [0.15, 0.2) is 12.1 Å². The Balaban J connectivity index is 2.88. The van der Waals surface area contributed by atoms with Crippen molar-refractivity contribution in [3.63, 3.8) is 0 Å². The molecule has 1 aromatic carbocycles. The first kappa shape index (κ1) is 10.8. The van der Waals surface area contributed by atoms with Crippen LogP contribution in [0, 0.1) is 20.8 Å². The highest BCUT2D eigenvalue weighted by molar-refractivity contribution is 9.09. The van der Waals surface area contributed by atoms with Crippen LogP contribution in [-0.2, 0) is 6.42 Å². The van der Waals surface area contributed by atoms with Crippen LogP contribution in [0.4, 0.5) is 0 Å². The van der Waals surface area contributed by atoms with Crippen LogP contribution in [0.3, 0.4) is 0 Å². The Hall–Kier alpha value is -0.300. The lowest BCUT2D eigenvalue weighted by Crippen LogP contribution is -1.93. The fourth-order valence-electron chi connectivity index (χ4n) is 1.55. The first-order valence-corrected chi connectivity index (χ1v) is 5.90. The zero-order chi connectivity index (χ0) is 9.84. The van der Waals surface area contributed by atoms with E-state index in [1.807, 2.05) is 0 Å². The third kappa shape index (κ3) is 2.84. The summed E-state index contributed by atoms with van der Waals surface area (Å²) in [4.78, 5) is 0. The quantitative estimate of drug-likeness (QED) is 0.703. The molecule has 0 aliphatic carbocycles. The zero-order valence-electron chi connectivity index (χ0n) is 8.65. The van der Waals surface area contributed by atoms with Crippen LogP contribution < -0.4 is 0 Å². The lowest BCUT2D eigenvalue weighted by molar-refractivity contribution is 0.925. The van der Waals surface area contributed by atoms with Gasteiger partial charge in [0.25, 0.3) is 0 Å². The van der Waals surface area contributed by atoms with Crippen molar-refractivity contribution in [2.75, 3.05) is 5.33 Å². The Labute approximate surface area is 89.5 Å². The van der Waals surface area contributed by atoms with Crippen molar-refractivity contribution in [2.45, 2.75) is 33.6 Å². The average molecular weight is 241 g/mol. The molecule has 0 fully saturated rings. The molecule has 0 spiro atoms. The van der Waals surface area contributed by atoms with E-state index in [0.717, 1.165) is 5.33 Å². The van der Waals surface area contributed by atoms with Gasteiger partial charge in [-0.1, -0.05) is 28.1 Å². The van der Waals surface area contributed by atoms with Gasteiger partial charge in [-0.25, -0.2) is 0 Å². The lowest BCUT2D eigenvalue weighted by atomic mass is 9.98. The minimum atomic E-state index is 1.10. The summed E-state index contributed by atoms with van der Waals surface area (Å²) in [5.41, 5.74) is 5.75. The standard InChI is InChI=1S/C12H17Br/c1-9-7-11(3)12(5-4-6-13)8-10(9)2/h7-8H,4-6H2,1-3H3. The van der Waals surface area contributed by atoms with E-state index in [0.29, 0.717) is 0 Å². The molecule has 13 heavy (non-hydrogen) atoms. The van der Waals surface area contributed by atoms with Crippen molar-refractivity contribution in [1.82, 2.24) is 0 Å². The number of halogens is 1. The van der Waals surface area contributed by atoms with Gasteiger partial charge in [0.1, 0.15) is 0 Å². The lowest BCUT2D eigenvalue weighted by Gasteiger charge is -2.08. The van der Waals surface area contributed by atoms with E-state index >= 15 is 0 Å². The summed E-state index contributed by atoms with van der Waals surface area (Å²) in [6.45, 7) is 6.57. The predicted octanol–water partition coefficient (Wildman–Crippen LogP) is 3.94. The largest absolute Gasteiger partial charge is 0.0928 e. The molecule has 0 radical (unpaired) electrons. The second-order valence-corrected chi connectivity index (χ2v) is 4.45. The maximum absolute atomic E-state index is 3.46. The topological polar surface area (TPSA) is 0 Å². The molecular formula is C12H17Br. The summed E-state index contributed by atoms with van der Waals surface area (Å²) in [5.74, 6) is 0. The molecule has 1 rings (SSSR count). The maximum atomic E-state index is 3.46. The molecule has 0 saturated heterocycles. The van der Waals surface area contributed by atoms with Crippen molar-refractivity contribution in [3.05, 3.63) is 34.4 Å². The minimum absolute atomic E-state index is 1.10. The molecule has 0 aliphatic heterocycles. The molecule has 0 aromatic heterocycles. The predicted molar refractivity (Wildman–Crippen MR) is 62.8 cm³/mol. The summed E-state index contributed by atoms with van der Waals surface area (Å²) in [7, 11) is 0. The van der Waals surface area contributed by atoms with Gasteiger partial charge < -0.3 is 0 Å². The molecule has 0 atom stereocenters. The van der Waals surface area contributed by atoms with E-state index in [2.05, 4.69) is 48.8 Å². The van der Waals surface area contributed by atoms with Crippen LogP contribution >= 0.6 is 15.9 Å². The molecule has 0 N–H and O–H groups in total. The van der Waals surface area contributed by atoms with E-state index in [1.165, 1.54) is 35.1 Å². The molecule has 0 heterocycles. The smallest absolute Gasteiger partial charge is 0.00344 e. The molecule has 0 nitrogen and oxygen atoms in total. The number of benzene rings is 1. The normalized spacial score (nSPS) is 10.5. The van der Waals surface area contributed by atoms with Crippen LogP contribution in [-0.4, -0.2) is 5.33 Å². The molecule has 1 aromatic rings. The zero-order valence-corrected chi connectivity index (χ0v) is 10.2. The van der Waals surface area contributed by atoms with Crippen LogP contribution in [0.25, 0.3) is 0 Å². The summed E-state index contributed by atoms with van der Waals surface area (Å²) < 4.78 is 0. The molecule has 0 unspecified atom stereocenters. The average Bonchev–Trinajstić information content (AvgIpc) is 2.09. The monoisotopic (exact) mass is 240 g/mol. The highest BCUT2D eigenvalue weighted by atomic mass is 79.9. The van der Waals surface area contributed by atoms with Gasteiger partial charge in [0.05, 0.1) is 0 Å². The van der Waals surface area contributed by atoms with E-state index < -0.39 is 0 Å². The summed E-state index contributed by atoms with van der Waals surface area (Å²) in [5, 5.41) is 1.10. The highest BCUT2D eigenvalue weighted by Gasteiger charge is 2.00. The van der Waals surface area contributed by atoms with E-state index in [-0.39, 0.29) is 0 Å². The fraction of sp³-hybridized carbons (Fsp3) is 0.500. The molecule has 0 amide bonds. The first-order chi connectivity index (χ1) is 6.15. The Morgan fingerprint density at radius 1 is 1.00 bits per heavy atom. The first-order valence-electron chi connectivity index (χ1n) is 4.78. The van der Waals surface area contributed by atoms with Crippen molar-refractivity contribution in [3.8, 4) is 0 Å². The van der Waals surface area contributed by atoms with Gasteiger partial charge in [-0.15, -0.1) is 0 Å². The van der Waals surface area contributed by atoms with E-state index in [9.17, 15) is 0 Å². The summed E-state index contributed by atoms with van der Waals surface area (Å²) in [6.07, 6.45) is 2.42. The number of hydrogen-bond acceptors (Lipinski definition) is 0. The molecule has 1 heteroatoms. The highest BCUT2D eigenvalue weighted by Crippen LogP contribution is 2.16. The Kier molecular flexibility index (Phi) is 3.98. The summed E-state index contributed by atoms with van der Waals surface area (Å²) in [6, 6.07) is 4.62. The molecule has 0 saturated carbocycles. The van der Waals surface area contributed by atoms with Crippen molar-refractivity contribution < 1.29 is 0 Å². The van der Waals surface area contributed by atoms with Gasteiger partial charge in [-0.05, 0) is 55.9 Å². The maximum Gasteiger partial charge on any atom is 0.00344 e. The minimum Gasteiger partial charge on any atom is -0.0928 e. The number of rotatable bonds is 3. The fourth-order valence-corrected chi connectivity index (χ4v) is 1.83. The van der Waals surface area contributed by atoms with Gasteiger partial charge in [0.15, 0.2) is 0 Å². The molecular weight excluding hydrogens is 224 g/mol. The third-order valence-corrected chi connectivity index (χ3v) is 3.09. The van der Waals surface area contributed by atoms with Crippen LogP contribution in [0.2, 0.25) is 0 Å². The van der Waals surface area contributed by atoms with E-state index in [4.69, 9.17) is 0 Å². The Morgan fingerprint density at radius 2 is 1.62 bits per heavy atom. The van der Waals surface area contributed by atoms with Gasteiger partial charge in [0, 0.05) is 5.33 Å². The SMILES string of the molecule is Cc1cc(C)c(CCCBr)cc1C. The van der Waals surface area contributed by atoms with Crippen molar-refractivity contribution in [1.29, 1.82) is 0 Å². The Morgan fingerprint density at radius 3 is 2.23 bits per heavy atom. The van der Waals surface area contributed by atoms with Crippen LogP contribution in [0.1, 0.15) is 28.7 Å². The number of aryl methyl sites for hydroxylation is 4. The second kappa shape index (κ2) is 4.80. The second-order valence-electron chi connectivity index (χ2n) is 3.66. The third-order valence-electron chi connectivity index (χ3n) is 2.53. The number of alkyl halides is 1. The van der Waals surface area contributed by atoms with E-state index in [1.54, 1.807) is 0 Å². The molecule has 72 valence electrons. The van der Waals surface area contributed by atoms with Crippen molar-refractivity contribution in [2.24, 2.45) is 0 Å². The van der Waals surface area contributed by atoms with Crippen molar-refractivity contribution >= 4 is 15.9 Å². The van der Waals surface area contributed by atoms with Gasteiger partial charge in [-0.3, -0.25) is 0 Å². The van der Waals surface area contributed by atoms with Gasteiger partial charge >= 0.3 is 0 Å². The van der Waals surface area contributed by atoms with Gasteiger partial charge in [0.2, 0.25) is 0 Å².